The SMILES string of the molecule is CCC(=O)N(CCn1nc(-c2cc(O)cc(F)c2)c2c(N)ncnc21)Cc1ccccc1. The number of aromatic hydroxyl groups is 1. The van der Waals surface area contributed by atoms with Crippen molar-refractivity contribution in [3.8, 4) is 17.0 Å². The third kappa shape index (κ3) is 4.36. The second-order valence-corrected chi connectivity index (χ2v) is 7.38. The second kappa shape index (κ2) is 9.01. The number of amides is 1. The lowest BCUT2D eigenvalue weighted by atomic mass is 10.1. The molecule has 0 aliphatic carbocycles. The number of carbonyl (C=O) groups excluding carboxylic acids is 1. The second-order valence-electron chi connectivity index (χ2n) is 7.38. The van der Waals surface area contributed by atoms with Crippen LogP contribution in [0.15, 0.2) is 54.9 Å². The van der Waals surface area contributed by atoms with Crippen molar-refractivity contribution in [2.24, 2.45) is 0 Å². The van der Waals surface area contributed by atoms with Crippen molar-refractivity contribution in [1.29, 1.82) is 0 Å². The fraction of sp³-hybridized carbons (Fsp3) is 0.217. The van der Waals surface area contributed by atoms with Crippen LogP contribution in [-0.4, -0.2) is 42.2 Å². The topological polar surface area (TPSA) is 110 Å². The molecule has 0 aliphatic rings. The average molecular weight is 434 g/mol. The van der Waals surface area contributed by atoms with E-state index in [1.165, 1.54) is 18.5 Å². The van der Waals surface area contributed by atoms with Crippen molar-refractivity contribution >= 4 is 22.8 Å². The highest BCUT2D eigenvalue weighted by Crippen LogP contribution is 2.32. The predicted octanol–water partition coefficient (Wildman–Crippen LogP) is 3.36. The summed E-state index contributed by atoms with van der Waals surface area (Å²) in [7, 11) is 0. The van der Waals surface area contributed by atoms with Crippen molar-refractivity contribution in [3.63, 3.8) is 0 Å². The number of halogens is 1. The third-order valence-corrected chi connectivity index (χ3v) is 5.17. The monoisotopic (exact) mass is 434 g/mol. The molecule has 2 aromatic carbocycles. The lowest BCUT2D eigenvalue weighted by Crippen LogP contribution is -2.33. The quantitative estimate of drug-likeness (QED) is 0.462. The molecule has 0 saturated heterocycles. The highest BCUT2D eigenvalue weighted by Gasteiger charge is 2.19. The van der Waals surface area contributed by atoms with Gasteiger partial charge in [-0.3, -0.25) is 4.79 Å². The molecule has 0 atom stereocenters. The molecule has 0 unspecified atom stereocenters. The summed E-state index contributed by atoms with van der Waals surface area (Å²) in [6.07, 6.45) is 1.72. The molecular formula is C23H23FN6O2. The first-order valence-electron chi connectivity index (χ1n) is 10.2. The van der Waals surface area contributed by atoms with Crippen LogP contribution in [0.1, 0.15) is 18.9 Å². The molecule has 8 nitrogen and oxygen atoms in total. The lowest BCUT2D eigenvalue weighted by Gasteiger charge is -2.22. The minimum absolute atomic E-state index is 0.0229. The molecule has 4 aromatic rings. The zero-order valence-corrected chi connectivity index (χ0v) is 17.6. The van der Waals surface area contributed by atoms with E-state index in [2.05, 4.69) is 15.1 Å². The van der Waals surface area contributed by atoms with Crippen LogP contribution in [0.4, 0.5) is 10.2 Å². The van der Waals surface area contributed by atoms with Gasteiger partial charge in [0.1, 0.15) is 29.4 Å². The van der Waals surface area contributed by atoms with E-state index in [0.717, 1.165) is 11.6 Å². The normalized spacial score (nSPS) is 11.1. The molecule has 2 aromatic heterocycles. The summed E-state index contributed by atoms with van der Waals surface area (Å²) in [6, 6.07) is 13.4. The molecule has 164 valence electrons. The number of nitrogen functional groups attached to an aromatic ring is 1. The average Bonchev–Trinajstić information content (AvgIpc) is 3.16. The van der Waals surface area contributed by atoms with Gasteiger partial charge in [-0.05, 0) is 17.7 Å². The minimum atomic E-state index is -0.597. The van der Waals surface area contributed by atoms with Gasteiger partial charge in [-0.1, -0.05) is 37.3 Å². The third-order valence-electron chi connectivity index (χ3n) is 5.17. The van der Waals surface area contributed by atoms with Gasteiger partial charge >= 0.3 is 0 Å². The Labute approximate surface area is 184 Å². The number of aromatic nitrogens is 4. The first-order chi connectivity index (χ1) is 15.5. The van der Waals surface area contributed by atoms with Gasteiger partial charge in [-0.15, -0.1) is 0 Å². The van der Waals surface area contributed by atoms with Crippen LogP contribution in [0, 0.1) is 5.82 Å². The van der Waals surface area contributed by atoms with E-state index in [4.69, 9.17) is 5.73 Å². The number of carbonyl (C=O) groups is 1. The Bertz CT molecular complexity index is 1240. The number of nitrogens with two attached hydrogens (primary N) is 1. The van der Waals surface area contributed by atoms with E-state index in [9.17, 15) is 14.3 Å². The molecule has 0 fully saturated rings. The number of phenols is 1. The Morgan fingerprint density at radius 3 is 2.69 bits per heavy atom. The zero-order valence-electron chi connectivity index (χ0n) is 17.6. The molecule has 4 rings (SSSR count). The van der Waals surface area contributed by atoms with Crippen molar-refractivity contribution in [2.75, 3.05) is 12.3 Å². The van der Waals surface area contributed by atoms with Crippen LogP contribution in [-0.2, 0) is 17.9 Å². The van der Waals surface area contributed by atoms with E-state index >= 15 is 0 Å². The van der Waals surface area contributed by atoms with Crippen molar-refractivity contribution in [3.05, 3.63) is 66.2 Å². The largest absolute Gasteiger partial charge is 0.508 e. The van der Waals surface area contributed by atoms with Gasteiger partial charge in [-0.2, -0.15) is 5.10 Å². The van der Waals surface area contributed by atoms with E-state index in [0.29, 0.717) is 48.3 Å². The van der Waals surface area contributed by atoms with Crippen LogP contribution in [0.3, 0.4) is 0 Å². The highest BCUT2D eigenvalue weighted by atomic mass is 19.1. The fourth-order valence-electron chi connectivity index (χ4n) is 3.63. The van der Waals surface area contributed by atoms with Gasteiger partial charge in [0.05, 0.1) is 11.9 Å². The molecule has 1 amide bonds. The number of hydrogen-bond donors (Lipinski definition) is 2. The Balaban J connectivity index is 1.68. The summed E-state index contributed by atoms with van der Waals surface area (Å²) >= 11 is 0. The summed E-state index contributed by atoms with van der Waals surface area (Å²) < 4.78 is 15.5. The maximum Gasteiger partial charge on any atom is 0.222 e. The molecule has 3 N–H and O–H groups in total. The van der Waals surface area contributed by atoms with E-state index in [-0.39, 0.29) is 17.5 Å². The lowest BCUT2D eigenvalue weighted by molar-refractivity contribution is -0.131. The van der Waals surface area contributed by atoms with Crippen LogP contribution >= 0.6 is 0 Å². The Hall–Kier alpha value is -4.01. The first kappa shape index (κ1) is 21.2. The molecule has 0 bridgehead atoms. The number of anilines is 1. The van der Waals surface area contributed by atoms with E-state index in [1.54, 1.807) is 9.58 Å². The number of benzene rings is 2. The van der Waals surface area contributed by atoms with Gasteiger partial charge in [-0.25, -0.2) is 19.0 Å². The minimum Gasteiger partial charge on any atom is -0.508 e. The summed E-state index contributed by atoms with van der Waals surface area (Å²) in [5, 5.41) is 14.9. The van der Waals surface area contributed by atoms with Crippen LogP contribution in [0.25, 0.3) is 22.3 Å². The van der Waals surface area contributed by atoms with Gasteiger partial charge in [0.25, 0.3) is 0 Å². The molecular weight excluding hydrogens is 411 g/mol. The van der Waals surface area contributed by atoms with Crippen molar-refractivity contribution < 1.29 is 14.3 Å². The maximum atomic E-state index is 13.9. The smallest absolute Gasteiger partial charge is 0.222 e. The van der Waals surface area contributed by atoms with Crippen LogP contribution in [0.5, 0.6) is 5.75 Å². The summed E-state index contributed by atoms with van der Waals surface area (Å²) in [5.41, 5.74) is 8.31. The molecule has 0 aliphatic heterocycles. The highest BCUT2D eigenvalue weighted by molar-refractivity contribution is 5.98. The molecule has 0 saturated carbocycles. The molecule has 2 heterocycles. The first-order valence-corrected chi connectivity index (χ1v) is 10.2. The number of rotatable bonds is 7. The number of fused-ring (bicyclic) bond motifs is 1. The Morgan fingerprint density at radius 2 is 1.97 bits per heavy atom. The van der Waals surface area contributed by atoms with E-state index < -0.39 is 5.82 Å². The summed E-state index contributed by atoms with van der Waals surface area (Å²) in [6.45, 7) is 3.06. The number of phenolic OH excluding ortho intramolecular Hbond substituents is 1. The fourth-order valence-corrected chi connectivity index (χ4v) is 3.63. The zero-order chi connectivity index (χ0) is 22.7. The summed E-state index contributed by atoms with van der Waals surface area (Å²) in [4.78, 5) is 22.6. The molecule has 0 spiro atoms. The molecule has 32 heavy (non-hydrogen) atoms. The maximum absolute atomic E-state index is 13.9. The number of hydrogen-bond acceptors (Lipinski definition) is 6. The van der Waals surface area contributed by atoms with E-state index in [1.807, 2.05) is 37.3 Å². The van der Waals surface area contributed by atoms with Crippen LogP contribution in [0.2, 0.25) is 0 Å². The Kier molecular flexibility index (Phi) is 5.98. The van der Waals surface area contributed by atoms with Gasteiger partial charge in [0.2, 0.25) is 5.91 Å². The van der Waals surface area contributed by atoms with Gasteiger partial charge in [0, 0.05) is 31.1 Å². The van der Waals surface area contributed by atoms with Gasteiger partial charge < -0.3 is 15.7 Å². The standard InChI is InChI=1S/C23H23FN6O2/c1-2-19(32)29(13-15-6-4-3-5-7-15)8-9-30-23-20(22(25)26-14-27-23)21(28-30)16-10-17(24)12-18(31)11-16/h3-7,10-12,14,31H,2,8-9,13H2,1H3,(H2,25,26,27). The predicted molar refractivity (Wildman–Crippen MR) is 119 cm³/mol. The molecule has 9 heteroatoms. The van der Waals surface area contributed by atoms with Gasteiger partial charge in [0.15, 0.2) is 5.65 Å². The Morgan fingerprint density at radius 1 is 1.19 bits per heavy atom. The van der Waals surface area contributed by atoms with Crippen molar-refractivity contribution in [2.45, 2.75) is 26.4 Å². The number of nitrogens with zero attached hydrogens (tertiary/aromatic N) is 5. The molecule has 0 radical (unpaired) electrons. The van der Waals surface area contributed by atoms with Crippen LogP contribution < -0.4 is 5.73 Å². The summed E-state index contributed by atoms with van der Waals surface area (Å²) in [5.74, 6) is -0.595. The van der Waals surface area contributed by atoms with Crippen molar-refractivity contribution in [1.82, 2.24) is 24.6 Å².